The number of nitrogens with zero attached hydrogens (tertiary/aromatic N) is 1. The Labute approximate surface area is 196 Å². The second kappa shape index (κ2) is 8.46. The van der Waals surface area contributed by atoms with Crippen molar-refractivity contribution in [2.75, 3.05) is 19.8 Å². The van der Waals surface area contributed by atoms with Crippen molar-refractivity contribution in [2.45, 2.75) is 44.6 Å². The Hall–Kier alpha value is -3.35. The average molecular weight is 465 g/mol. The summed E-state index contributed by atoms with van der Waals surface area (Å²) in [6, 6.07) is 10.8. The quantitative estimate of drug-likeness (QED) is 0.603. The highest BCUT2D eigenvalue weighted by Crippen LogP contribution is 2.48. The van der Waals surface area contributed by atoms with Gasteiger partial charge in [-0.25, -0.2) is 0 Å². The lowest BCUT2D eigenvalue weighted by molar-refractivity contribution is -0.116. The van der Waals surface area contributed by atoms with E-state index in [-0.39, 0.29) is 17.5 Å². The van der Waals surface area contributed by atoms with Crippen molar-refractivity contribution in [3.8, 4) is 17.2 Å². The van der Waals surface area contributed by atoms with Gasteiger partial charge in [0.2, 0.25) is 0 Å². The minimum atomic E-state index is -2.87. The van der Waals surface area contributed by atoms with Gasteiger partial charge in [0.1, 0.15) is 5.75 Å². The van der Waals surface area contributed by atoms with Crippen molar-refractivity contribution >= 4 is 11.5 Å². The molecule has 4 aliphatic rings. The van der Waals surface area contributed by atoms with Crippen LogP contribution in [0.15, 0.2) is 53.7 Å². The average Bonchev–Trinajstić information content (AvgIpc) is 3.07. The van der Waals surface area contributed by atoms with Crippen LogP contribution in [0.25, 0.3) is 5.70 Å². The van der Waals surface area contributed by atoms with E-state index in [1.807, 2.05) is 0 Å². The number of alkyl halides is 2. The first-order valence-corrected chi connectivity index (χ1v) is 11.8. The van der Waals surface area contributed by atoms with E-state index in [4.69, 9.17) is 9.47 Å². The van der Waals surface area contributed by atoms with Crippen LogP contribution < -0.4 is 14.2 Å². The molecule has 0 bridgehead atoms. The molecule has 1 aliphatic carbocycles. The molecule has 2 aromatic carbocycles. The lowest BCUT2D eigenvalue weighted by Gasteiger charge is -2.43. The number of Topliss-reactive ketones (excluding diaryl/α,β-unsaturated/α-hetero) is 1. The maximum atomic E-state index is 13.1. The van der Waals surface area contributed by atoms with E-state index < -0.39 is 6.61 Å². The monoisotopic (exact) mass is 465 g/mol. The number of carbonyl (C=O) groups excluding carboxylic acids is 1. The summed E-state index contributed by atoms with van der Waals surface area (Å²) in [7, 11) is 0. The first kappa shape index (κ1) is 21.2. The molecule has 0 saturated carbocycles. The molecule has 0 radical (unpaired) electrons. The largest absolute Gasteiger partial charge is 0.490 e. The van der Waals surface area contributed by atoms with Crippen LogP contribution in [-0.4, -0.2) is 37.1 Å². The molecular weight excluding hydrogens is 440 g/mol. The second-order valence-electron chi connectivity index (χ2n) is 9.02. The van der Waals surface area contributed by atoms with Crippen molar-refractivity contribution in [3.05, 3.63) is 70.4 Å². The number of allylic oxidation sites excluding steroid dienone is 3. The van der Waals surface area contributed by atoms with Gasteiger partial charge in [0.05, 0.1) is 13.2 Å². The van der Waals surface area contributed by atoms with E-state index in [1.54, 1.807) is 24.3 Å². The van der Waals surface area contributed by atoms with Crippen LogP contribution in [0.1, 0.15) is 48.3 Å². The fourth-order valence-electron chi connectivity index (χ4n) is 5.49. The van der Waals surface area contributed by atoms with E-state index in [0.717, 1.165) is 71.8 Å². The summed E-state index contributed by atoms with van der Waals surface area (Å²) in [5.41, 5.74) is 6.18. The molecule has 0 spiro atoms. The Morgan fingerprint density at radius 2 is 1.74 bits per heavy atom. The van der Waals surface area contributed by atoms with Crippen LogP contribution in [0.3, 0.4) is 0 Å². The Kier molecular flexibility index (Phi) is 5.27. The van der Waals surface area contributed by atoms with Gasteiger partial charge in [-0.15, -0.1) is 0 Å². The predicted octanol–water partition coefficient (Wildman–Crippen LogP) is 5.45. The normalized spacial score (nSPS) is 21.4. The van der Waals surface area contributed by atoms with Gasteiger partial charge in [-0.3, -0.25) is 4.79 Å². The summed E-state index contributed by atoms with van der Waals surface area (Å²) in [4.78, 5) is 15.4. The third-order valence-corrected chi connectivity index (χ3v) is 7.00. The Bertz CT molecular complexity index is 1200. The summed E-state index contributed by atoms with van der Waals surface area (Å²) in [5, 5.41) is 0. The minimum Gasteiger partial charge on any atom is -0.490 e. The summed E-state index contributed by atoms with van der Waals surface area (Å²) < 4.78 is 41.6. The fraction of sp³-hybridized carbons (Fsp3) is 0.370. The smallest absolute Gasteiger partial charge is 0.387 e. The van der Waals surface area contributed by atoms with Crippen LogP contribution in [0.2, 0.25) is 0 Å². The number of ether oxygens (including phenoxy) is 3. The van der Waals surface area contributed by atoms with Gasteiger partial charge in [-0.2, -0.15) is 8.78 Å². The van der Waals surface area contributed by atoms with E-state index in [1.165, 1.54) is 5.56 Å². The van der Waals surface area contributed by atoms with Gasteiger partial charge in [0.25, 0.3) is 0 Å². The molecule has 3 aliphatic heterocycles. The van der Waals surface area contributed by atoms with Gasteiger partial charge in [-0.05, 0) is 60.7 Å². The van der Waals surface area contributed by atoms with E-state index in [9.17, 15) is 13.6 Å². The number of hydrogen-bond acceptors (Lipinski definition) is 5. The highest BCUT2D eigenvalue weighted by atomic mass is 19.3. The van der Waals surface area contributed by atoms with Crippen LogP contribution in [0.5, 0.6) is 17.2 Å². The standard InChI is InChI=1S/C27H25F2NO4/c28-27(29)34-18-7-5-16(6-8-18)20-14-22-19-15-25-24(32-11-2-12-33-25)13-17(19)9-10-30(22)21-3-1-4-23(31)26(20)21/h5-8,13-15,20,27H,1-4,9-12H2. The number of fused-ring (bicyclic) bond motifs is 5. The summed E-state index contributed by atoms with van der Waals surface area (Å²) in [6.07, 6.45) is 6.07. The number of rotatable bonds is 3. The second-order valence-corrected chi connectivity index (χ2v) is 9.02. The van der Waals surface area contributed by atoms with Crippen LogP contribution >= 0.6 is 0 Å². The molecule has 0 aromatic heterocycles. The SMILES string of the molecule is O=C1CCCC2=C1C(c1ccc(OC(F)F)cc1)C=C1c3cc4c(cc3CCN12)OCCCO4. The Morgan fingerprint density at radius 3 is 2.50 bits per heavy atom. The molecule has 2 aromatic rings. The Balaban J connectivity index is 1.45. The molecular formula is C27H25F2NO4. The molecule has 6 rings (SSSR count). The van der Waals surface area contributed by atoms with Gasteiger partial charge < -0.3 is 19.1 Å². The maximum absolute atomic E-state index is 13.1. The molecule has 0 amide bonds. The lowest BCUT2D eigenvalue weighted by atomic mass is 9.77. The van der Waals surface area contributed by atoms with Crippen LogP contribution in [0, 0.1) is 0 Å². The highest BCUT2D eigenvalue weighted by Gasteiger charge is 2.38. The van der Waals surface area contributed by atoms with Gasteiger partial charge >= 0.3 is 6.61 Å². The zero-order chi connectivity index (χ0) is 23.2. The van der Waals surface area contributed by atoms with Crippen molar-refractivity contribution in [2.24, 2.45) is 0 Å². The number of halogens is 2. The van der Waals surface area contributed by atoms with Crippen LogP contribution in [0.4, 0.5) is 8.78 Å². The lowest BCUT2D eigenvalue weighted by Crippen LogP contribution is -2.36. The highest BCUT2D eigenvalue weighted by molar-refractivity contribution is 6.00. The van der Waals surface area contributed by atoms with Crippen molar-refractivity contribution in [1.29, 1.82) is 0 Å². The van der Waals surface area contributed by atoms with Crippen molar-refractivity contribution in [3.63, 3.8) is 0 Å². The van der Waals surface area contributed by atoms with E-state index >= 15 is 0 Å². The first-order chi connectivity index (χ1) is 16.6. The first-order valence-electron chi connectivity index (χ1n) is 11.8. The van der Waals surface area contributed by atoms with Crippen LogP contribution in [-0.2, 0) is 11.2 Å². The van der Waals surface area contributed by atoms with E-state index in [2.05, 4.69) is 27.8 Å². The third-order valence-electron chi connectivity index (χ3n) is 7.00. The zero-order valence-corrected chi connectivity index (χ0v) is 18.7. The number of benzene rings is 2. The number of carbonyl (C=O) groups is 1. The van der Waals surface area contributed by atoms with Crippen molar-refractivity contribution < 1.29 is 27.8 Å². The van der Waals surface area contributed by atoms with Crippen molar-refractivity contribution in [1.82, 2.24) is 4.90 Å². The molecule has 7 heteroatoms. The zero-order valence-electron chi connectivity index (χ0n) is 18.7. The molecule has 176 valence electrons. The summed E-state index contributed by atoms with van der Waals surface area (Å²) in [5.74, 6) is 1.58. The Morgan fingerprint density at radius 1 is 0.971 bits per heavy atom. The number of ketones is 1. The van der Waals surface area contributed by atoms with E-state index in [0.29, 0.717) is 19.6 Å². The minimum absolute atomic E-state index is 0.107. The van der Waals surface area contributed by atoms with Gasteiger partial charge in [0.15, 0.2) is 17.3 Å². The number of hydrogen-bond donors (Lipinski definition) is 0. The topological polar surface area (TPSA) is 48.0 Å². The predicted molar refractivity (Wildman–Crippen MR) is 122 cm³/mol. The maximum Gasteiger partial charge on any atom is 0.387 e. The molecule has 1 unspecified atom stereocenters. The van der Waals surface area contributed by atoms with Gasteiger partial charge in [-0.1, -0.05) is 12.1 Å². The van der Waals surface area contributed by atoms with Gasteiger partial charge in [0, 0.05) is 47.8 Å². The molecule has 5 nitrogen and oxygen atoms in total. The molecule has 3 heterocycles. The third kappa shape index (κ3) is 3.63. The summed E-state index contributed by atoms with van der Waals surface area (Å²) >= 11 is 0. The molecule has 0 fully saturated rings. The molecule has 0 saturated heterocycles. The fourth-order valence-corrected chi connectivity index (χ4v) is 5.49. The molecule has 34 heavy (non-hydrogen) atoms. The molecule has 0 N–H and O–H groups in total. The summed E-state index contributed by atoms with van der Waals surface area (Å²) in [6.45, 7) is -0.802. The molecule has 1 atom stereocenters.